The van der Waals surface area contributed by atoms with Gasteiger partial charge in [0.25, 0.3) is 0 Å². The van der Waals surface area contributed by atoms with Crippen LogP contribution in [0.25, 0.3) is 10.9 Å². The van der Waals surface area contributed by atoms with Gasteiger partial charge in [0.2, 0.25) is 0 Å². The molecule has 0 saturated carbocycles. The molecular formula is C12H15N3S. The van der Waals surface area contributed by atoms with Crippen LogP contribution in [-0.2, 0) is 0 Å². The minimum Gasteiger partial charge on any atom is -0.383 e. The van der Waals surface area contributed by atoms with Gasteiger partial charge in [0.1, 0.15) is 0 Å². The van der Waals surface area contributed by atoms with E-state index in [0.29, 0.717) is 0 Å². The summed E-state index contributed by atoms with van der Waals surface area (Å²) >= 11 is 2.06. The Bertz CT molecular complexity index is 474. The SMILES string of the molecule is c1cc(NCC2CCSC2)c2[nH]ncc2c1. The molecule has 2 heterocycles. The van der Waals surface area contributed by atoms with Crippen LogP contribution < -0.4 is 5.32 Å². The second-order valence-electron chi connectivity index (χ2n) is 4.25. The predicted octanol–water partition coefficient (Wildman–Crippen LogP) is 2.73. The lowest BCUT2D eigenvalue weighted by Crippen LogP contribution is -2.13. The van der Waals surface area contributed by atoms with Crippen molar-refractivity contribution >= 4 is 28.4 Å². The molecule has 1 aliphatic heterocycles. The Morgan fingerprint density at radius 1 is 1.50 bits per heavy atom. The highest BCUT2D eigenvalue weighted by atomic mass is 32.2. The zero-order valence-electron chi connectivity index (χ0n) is 9.07. The normalized spacial score (nSPS) is 20.4. The molecule has 1 saturated heterocycles. The third-order valence-corrected chi connectivity index (χ3v) is 4.31. The molecule has 1 unspecified atom stereocenters. The average molecular weight is 233 g/mol. The first kappa shape index (κ1) is 10.0. The minimum absolute atomic E-state index is 0.822. The van der Waals surface area contributed by atoms with Gasteiger partial charge in [-0.15, -0.1) is 0 Å². The van der Waals surface area contributed by atoms with Crippen LogP contribution in [0, 0.1) is 5.92 Å². The molecule has 0 bridgehead atoms. The van der Waals surface area contributed by atoms with E-state index in [-0.39, 0.29) is 0 Å². The summed E-state index contributed by atoms with van der Waals surface area (Å²) in [6.07, 6.45) is 3.21. The van der Waals surface area contributed by atoms with Crippen LogP contribution in [-0.4, -0.2) is 28.2 Å². The first-order valence-electron chi connectivity index (χ1n) is 5.67. The number of benzene rings is 1. The van der Waals surface area contributed by atoms with Gasteiger partial charge in [-0.2, -0.15) is 16.9 Å². The van der Waals surface area contributed by atoms with Crippen molar-refractivity contribution in [3.63, 3.8) is 0 Å². The minimum atomic E-state index is 0.822. The van der Waals surface area contributed by atoms with Crippen molar-refractivity contribution < 1.29 is 0 Å². The van der Waals surface area contributed by atoms with Crippen molar-refractivity contribution in [1.29, 1.82) is 0 Å². The van der Waals surface area contributed by atoms with Crippen LogP contribution in [0.1, 0.15) is 6.42 Å². The van der Waals surface area contributed by atoms with Crippen LogP contribution >= 0.6 is 11.8 Å². The maximum absolute atomic E-state index is 4.07. The van der Waals surface area contributed by atoms with Gasteiger partial charge in [-0.3, -0.25) is 5.10 Å². The van der Waals surface area contributed by atoms with Crippen LogP contribution in [0.3, 0.4) is 0 Å². The molecule has 2 aromatic rings. The third-order valence-electron chi connectivity index (χ3n) is 3.08. The molecule has 1 aromatic heterocycles. The van der Waals surface area contributed by atoms with E-state index in [2.05, 4.69) is 45.5 Å². The average Bonchev–Trinajstić information content (AvgIpc) is 2.97. The predicted molar refractivity (Wildman–Crippen MR) is 70.0 cm³/mol. The summed E-state index contributed by atoms with van der Waals surface area (Å²) < 4.78 is 0. The number of hydrogen-bond acceptors (Lipinski definition) is 3. The van der Waals surface area contributed by atoms with E-state index >= 15 is 0 Å². The van der Waals surface area contributed by atoms with Gasteiger partial charge >= 0.3 is 0 Å². The number of anilines is 1. The monoisotopic (exact) mass is 233 g/mol. The molecule has 84 valence electrons. The molecule has 16 heavy (non-hydrogen) atoms. The first-order valence-corrected chi connectivity index (χ1v) is 6.82. The zero-order chi connectivity index (χ0) is 10.8. The number of aromatic nitrogens is 2. The summed E-state index contributed by atoms with van der Waals surface area (Å²) in [6, 6.07) is 6.27. The highest BCUT2D eigenvalue weighted by Gasteiger charge is 2.15. The maximum Gasteiger partial charge on any atom is 0.0881 e. The summed E-state index contributed by atoms with van der Waals surface area (Å²) in [6.45, 7) is 1.07. The van der Waals surface area contributed by atoms with Crippen molar-refractivity contribution in [3.05, 3.63) is 24.4 Å². The number of para-hydroxylation sites is 1. The van der Waals surface area contributed by atoms with Gasteiger partial charge in [-0.05, 0) is 29.9 Å². The molecule has 0 amide bonds. The molecule has 3 rings (SSSR count). The van der Waals surface area contributed by atoms with Gasteiger partial charge < -0.3 is 5.32 Å². The Kier molecular flexibility index (Phi) is 2.74. The number of fused-ring (bicyclic) bond motifs is 1. The number of aromatic amines is 1. The quantitative estimate of drug-likeness (QED) is 0.856. The van der Waals surface area contributed by atoms with Crippen LogP contribution in [0.2, 0.25) is 0 Å². The van der Waals surface area contributed by atoms with E-state index in [4.69, 9.17) is 0 Å². The Labute approximate surface area is 99.0 Å². The number of nitrogens with zero attached hydrogens (tertiary/aromatic N) is 1. The number of thioether (sulfide) groups is 1. The van der Waals surface area contributed by atoms with Gasteiger partial charge in [0.05, 0.1) is 17.4 Å². The van der Waals surface area contributed by atoms with E-state index in [1.165, 1.54) is 29.0 Å². The second-order valence-corrected chi connectivity index (χ2v) is 5.40. The lowest BCUT2D eigenvalue weighted by molar-refractivity contribution is 0.632. The second kappa shape index (κ2) is 4.37. The Morgan fingerprint density at radius 2 is 2.50 bits per heavy atom. The molecule has 4 heteroatoms. The van der Waals surface area contributed by atoms with Gasteiger partial charge in [0.15, 0.2) is 0 Å². The van der Waals surface area contributed by atoms with E-state index in [9.17, 15) is 0 Å². The van der Waals surface area contributed by atoms with Gasteiger partial charge in [0, 0.05) is 11.9 Å². The highest BCUT2D eigenvalue weighted by molar-refractivity contribution is 7.99. The summed E-state index contributed by atoms with van der Waals surface area (Å²) in [5.74, 6) is 3.44. The van der Waals surface area contributed by atoms with Crippen molar-refractivity contribution in [2.24, 2.45) is 5.92 Å². The fraction of sp³-hybridized carbons (Fsp3) is 0.417. The first-order chi connectivity index (χ1) is 7.93. The topological polar surface area (TPSA) is 40.7 Å². The van der Waals surface area contributed by atoms with E-state index < -0.39 is 0 Å². The molecule has 0 radical (unpaired) electrons. The van der Waals surface area contributed by atoms with Crippen LogP contribution in [0.5, 0.6) is 0 Å². The number of H-pyrrole nitrogens is 1. The van der Waals surface area contributed by atoms with Crippen LogP contribution in [0.15, 0.2) is 24.4 Å². The molecule has 0 spiro atoms. The fourth-order valence-electron chi connectivity index (χ4n) is 2.11. The zero-order valence-corrected chi connectivity index (χ0v) is 9.89. The lowest BCUT2D eigenvalue weighted by atomic mass is 10.1. The highest BCUT2D eigenvalue weighted by Crippen LogP contribution is 2.25. The number of rotatable bonds is 3. The summed E-state index contributed by atoms with van der Waals surface area (Å²) in [4.78, 5) is 0. The Balaban J connectivity index is 1.75. The number of nitrogens with one attached hydrogen (secondary N) is 2. The third kappa shape index (κ3) is 1.89. The standard InChI is InChI=1S/C12H15N3S/c1-2-10-7-14-15-12(10)11(3-1)13-6-9-4-5-16-8-9/h1-3,7,9,13H,4-6,8H2,(H,14,15). The van der Waals surface area contributed by atoms with Gasteiger partial charge in [-0.25, -0.2) is 0 Å². The van der Waals surface area contributed by atoms with Crippen molar-refractivity contribution in [2.75, 3.05) is 23.4 Å². The molecule has 1 aromatic carbocycles. The maximum atomic E-state index is 4.07. The van der Waals surface area contributed by atoms with Gasteiger partial charge in [-0.1, -0.05) is 12.1 Å². The summed E-state index contributed by atoms with van der Waals surface area (Å²) in [5.41, 5.74) is 2.29. The molecule has 1 aliphatic rings. The number of hydrogen-bond donors (Lipinski definition) is 2. The summed E-state index contributed by atoms with van der Waals surface area (Å²) in [7, 11) is 0. The Hall–Kier alpha value is -1.16. The van der Waals surface area contributed by atoms with Crippen molar-refractivity contribution in [3.8, 4) is 0 Å². The van der Waals surface area contributed by atoms with E-state index in [1.807, 2.05) is 6.20 Å². The van der Waals surface area contributed by atoms with Crippen LogP contribution in [0.4, 0.5) is 5.69 Å². The smallest absolute Gasteiger partial charge is 0.0881 e. The van der Waals surface area contributed by atoms with Crippen molar-refractivity contribution in [1.82, 2.24) is 10.2 Å². The molecular weight excluding hydrogens is 218 g/mol. The molecule has 1 fully saturated rings. The fourth-order valence-corrected chi connectivity index (χ4v) is 3.40. The molecule has 0 aliphatic carbocycles. The van der Waals surface area contributed by atoms with E-state index in [1.54, 1.807) is 0 Å². The molecule has 3 nitrogen and oxygen atoms in total. The summed E-state index contributed by atoms with van der Waals surface area (Å²) in [5, 5.41) is 11.8. The molecule has 1 atom stereocenters. The largest absolute Gasteiger partial charge is 0.383 e. The van der Waals surface area contributed by atoms with E-state index in [0.717, 1.165) is 18.0 Å². The van der Waals surface area contributed by atoms with Crippen molar-refractivity contribution in [2.45, 2.75) is 6.42 Å². The lowest BCUT2D eigenvalue weighted by Gasteiger charge is -2.11. The molecule has 2 N–H and O–H groups in total. The Morgan fingerprint density at radius 3 is 3.38 bits per heavy atom.